The number of halogens is 1. The predicted molar refractivity (Wildman–Crippen MR) is 532 cm³/mol. The molecule has 15 heteroatoms. The van der Waals surface area contributed by atoms with E-state index >= 15 is 0 Å². The molecule has 26 rings (SSSR count). The van der Waals surface area contributed by atoms with Gasteiger partial charge in [-0.15, -0.1) is 5.60 Å². The topological polar surface area (TPSA) is 154 Å². The van der Waals surface area contributed by atoms with Crippen LogP contribution in [0.15, 0.2) is 206 Å². The van der Waals surface area contributed by atoms with E-state index in [4.69, 9.17) is 19.3 Å². The van der Waals surface area contributed by atoms with Crippen LogP contribution >= 0.6 is 36.1 Å². The van der Waals surface area contributed by atoms with Gasteiger partial charge in [0.25, 0.3) is 0 Å². The molecule has 18 fully saturated rings. The Hall–Kier alpha value is -4.67. The largest absolute Gasteiger partial charge is 1.00 e. The van der Waals surface area contributed by atoms with Crippen LogP contribution in [0.4, 0.5) is 0 Å². The number of hydrogen-bond donors (Lipinski definition) is 4. The molecule has 18 aliphatic rings. The summed E-state index contributed by atoms with van der Waals surface area (Å²) in [4.78, 5) is 11.6. The molecule has 9 saturated heterocycles. The number of pyridine rings is 1. The number of fused-ring (bicyclic) bond motifs is 18. The fourth-order valence-electron chi connectivity index (χ4n) is 18.7. The maximum atomic E-state index is 10.1. The first-order chi connectivity index (χ1) is 59.4. The molecule has 0 radical (unpaired) electrons. The molecule has 1 aromatic heterocycles. The fourth-order valence-corrected chi connectivity index (χ4v) is 19.1. The molecule has 0 unspecified atom stereocenters. The molecule has 0 amide bonds. The van der Waals surface area contributed by atoms with Crippen molar-refractivity contribution in [2.45, 2.75) is 293 Å². The fraction of sp³-hybridized carbons (Fsp3) is 0.573. The molecule has 125 heavy (non-hydrogen) atoms. The molecular formula is C110H162IKN4O8S. The summed E-state index contributed by atoms with van der Waals surface area (Å²) in [6.45, 7) is 36.6. The third kappa shape index (κ3) is 41.3. The van der Waals surface area contributed by atoms with Gasteiger partial charge in [0.2, 0.25) is 0 Å². The number of phenols is 1. The first-order valence-corrected chi connectivity index (χ1v) is 49.2. The van der Waals surface area contributed by atoms with Crippen molar-refractivity contribution < 1.29 is 91.1 Å². The SMILES string of the molecule is CC(C)(C)[O-].CCC.CCC.CCC.CCc1ccc(C)nc1.Cc1ccc(-c2ccc(O[C@H]3CN4CCC3CC4)cc2)cc1.Cc1ccc(-c2ccc(O[C@H]3CN4CCC3CC4)cc2)cc1.Ic1ccccc1.O[C@@H]1CC2CCC1CC2.O[C@H]1CC2CCC1CC2.O[C@H]1CN2CCC1CC2.Oc1ccccc1.S.[K+].c1ccc(O[C@H]2CC3CCC2CC3)cc1. The second-order valence-electron chi connectivity index (χ2n) is 37.8. The normalized spacial score (nSPS) is 26.8. The number of para-hydroxylation sites is 2. The second kappa shape index (κ2) is 60.4. The first-order valence-electron chi connectivity index (χ1n) is 48.1. The van der Waals surface area contributed by atoms with Crippen molar-refractivity contribution in [1.29, 1.82) is 0 Å². The van der Waals surface area contributed by atoms with Gasteiger partial charge in [-0.25, -0.2) is 0 Å². The van der Waals surface area contributed by atoms with Gasteiger partial charge < -0.3 is 44.6 Å². The zero-order valence-electron chi connectivity index (χ0n) is 79.4. The number of nitrogens with zero attached hydrogens (tertiary/aromatic N) is 4. The summed E-state index contributed by atoms with van der Waals surface area (Å²) in [6.07, 6.45) is 35.7. The number of rotatable bonds is 9. The standard InChI is InChI=1S/2C20H23NO.C14H18O.C8H11N.2C8H14O.C7H13NO.C6H5I.C6H6O.C4H9O.3C3H8.K.H2S/c2*1-15-2-4-16(5-3-15)17-6-8-19(9-7-17)22-20-14-21-12-10-18(20)11-13-21;1-2-4-13(5-3-1)15-14-10-11-6-8-12(14)9-7-11;1-3-8-5-4-7(2)9-6-8;2*9-8-5-6-1-3-7(8)4-2-6;9-7-5-8-3-1-6(7)2-4-8;2*7-6-4-2-1-3-5-6;1-4(2,3)5;3*1-3-2;;/h2*2-9,18,20H,10-14H2,1H3;1-5,11-12,14H,6-10H2;4-6H,3H2,1-2H3;2*6-9H,1-5H2;6-7,9H,1-5H2;1-5H;1-5,7H;1-3H3;3*3H2,1-2H3;;1H2/q;;;;;;;;;-1;;;;+1;/t2*20-;11?,12?,14-;;2*6?,7?,8-;7-;;;;;;;;/m000.100......../s1. The Morgan fingerprint density at radius 1 is 0.368 bits per heavy atom. The van der Waals surface area contributed by atoms with Crippen LogP contribution in [-0.4, -0.2) is 141 Å². The third-order valence-corrected chi connectivity index (χ3v) is 26.5. The van der Waals surface area contributed by atoms with E-state index < -0.39 is 5.60 Å². The Morgan fingerprint density at radius 3 is 0.896 bits per heavy atom. The van der Waals surface area contributed by atoms with Crippen LogP contribution in [0, 0.1) is 77.6 Å². The number of aromatic nitrogens is 1. The Morgan fingerprint density at radius 2 is 0.664 bits per heavy atom. The molecule has 12 nitrogen and oxygen atoms in total. The summed E-state index contributed by atoms with van der Waals surface area (Å²) in [5, 5.41) is 46.9. The van der Waals surface area contributed by atoms with Gasteiger partial charge in [0.15, 0.2) is 0 Å². The van der Waals surface area contributed by atoms with E-state index in [0.717, 1.165) is 97.3 Å². The molecule has 7 aromatic carbocycles. The maximum absolute atomic E-state index is 10.1. The summed E-state index contributed by atoms with van der Waals surface area (Å²) in [7, 11) is 0. The molecule has 9 aliphatic heterocycles. The van der Waals surface area contributed by atoms with Crippen molar-refractivity contribution in [3.05, 3.63) is 232 Å². The van der Waals surface area contributed by atoms with E-state index in [0.29, 0.717) is 41.8 Å². The molecule has 8 aromatic rings. The van der Waals surface area contributed by atoms with Crippen LogP contribution in [0.1, 0.15) is 246 Å². The minimum absolute atomic E-state index is 0. The van der Waals surface area contributed by atoms with Crippen molar-refractivity contribution in [2.75, 3.05) is 58.9 Å². The smallest absolute Gasteiger partial charge is 0.850 e. The number of aromatic hydroxyl groups is 1. The number of hydrogen-bond acceptors (Lipinski definition) is 12. The Balaban J connectivity index is 0.000000219. The zero-order valence-corrected chi connectivity index (χ0v) is 85.7. The van der Waals surface area contributed by atoms with Crippen LogP contribution in [0.25, 0.3) is 22.3 Å². The molecule has 9 saturated carbocycles. The van der Waals surface area contributed by atoms with Crippen molar-refractivity contribution in [1.82, 2.24) is 19.7 Å². The van der Waals surface area contributed by atoms with Gasteiger partial charge in [0.05, 0.1) is 18.3 Å². The quantitative estimate of drug-likeness (QED) is 0.0803. The molecule has 684 valence electrons. The van der Waals surface area contributed by atoms with Gasteiger partial charge >= 0.3 is 51.4 Å². The van der Waals surface area contributed by atoms with Gasteiger partial charge in [-0.2, -0.15) is 13.5 Å². The van der Waals surface area contributed by atoms with Crippen molar-refractivity contribution >= 4 is 36.1 Å². The van der Waals surface area contributed by atoms with E-state index in [2.05, 4.69) is 244 Å². The molecule has 12 bridgehead atoms. The third-order valence-electron chi connectivity index (χ3n) is 25.8. The van der Waals surface area contributed by atoms with Crippen LogP contribution in [0.5, 0.6) is 23.0 Å². The van der Waals surface area contributed by atoms with Crippen molar-refractivity contribution in [3.8, 4) is 45.3 Å². The summed E-state index contributed by atoms with van der Waals surface area (Å²) < 4.78 is 19.9. The average molecular weight is 1870 g/mol. The Bertz CT molecular complexity index is 3760. The second-order valence-corrected chi connectivity index (χ2v) is 39.0. The van der Waals surface area contributed by atoms with E-state index in [-0.39, 0.29) is 83.2 Å². The Labute approximate surface area is 821 Å². The van der Waals surface area contributed by atoms with Crippen LogP contribution in [-0.2, 0) is 6.42 Å². The van der Waals surface area contributed by atoms with Gasteiger partial charge in [-0.05, 0) is 372 Å². The van der Waals surface area contributed by atoms with Gasteiger partial charge in [0, 0.05) is 35.1 Å². The number of aryl methyl sites for hydroxylation is 4. The van der Waals surface area contributed by atoms with Crippen molar-refractivity contribution in [2.24, 2.45) is 53.3 Å². The van der Waals surface area contributed by atoms with E-state index in [9.17, 15) is 20.4 Å². The van der Waals surface area contributed by atoms with Crippen LogP contribution in [0.3, 0.4) is 0 Å². The monoisotopic (exact) mass is 1870 g/mol. The minimum Gasteiger partial charge on any atom is -0.850 e. The van der Waals surface area contributed by atoms with Gasteiger partial charge in [0.1, 0.15) is 41.3 Å². The zero-order chi connectivity index (χ0) is 88.3. The predicted octanol–water partition coefficient (Wildman–Crippen LogP) is 22.2. The number of benzene rings is 7. The Kier molecular flexibility index (Phi) is 52.7. The summed E-state index contributed by atoms with van der Waals surface area (Å²) >= 11 is 2.28. The molecule has 6 atom stereocenters. The first kappa shape index (κ1) is 109. The molecule has 9 aliphatic carbocycles. The minimum atomic E-state index is -0.750. The number of phenolic OH excluding ortho intramolecular Hbond substituents is 1. The number of piperidine rings is 9. The number of aliphatic hydroxyl groups is 3. The van der Waals surface area contributed by atoms with Crippen molar-refractivity contribution in [3.63, 3.8) is 0 Å². The summed E-state index contributed by atoms with van der Waals surface area (Å²) in [5.41, 5.74) is 9.27. The average Bonchev–Trinajstić information content (AvgIpc) is 0.815. The number of aliphatic hydroxyl groups excluding tert-OH is 3. The van der Waals surface area contributed by atoms with Crippen LogP contribution in [0.2, 0.25) is 0 Å². The molecule has 0 spiro atoms. The van der Waals surface area contributed by atoms with Crippen LogP contribution < -0.4 is 70.7 Å². The number of ether oxygens (including phenoxy) is 3. The van der Waals surface area contributed by atoms with E-state index in [1.54, 1.807) is 45.0 Å². The van der Waals surface area contributed by atoms with E-state index in [1.807, 2.05) is 49.5 Å². The summed E-state index contributed by atoms with van der Waals surface area (Å²) in [6, 6.07) is 67.9. The molecule has 4 N–H and O–H groups in total. The maximum Gasteiger partial charge on any atom is 1.00 e. The van der Waals surface area contributed by atoms with Gasteiger partial charge in [-0.1, -0.05) is 233 Å². The molecule has 10 heterocycles. The van der Waals surface area contributed by atoms with Gasteiger partial charge in [-0.3, -0.25) is 14.8 Å². The van der Waals surface area contributed by atoms with E-state index in [1.165, 1.54) is 223 Å². The molecular weight excluding hydrogens is 1700 g/mol. The summed E-state index contributed by atoms with van der Waals surface area (Å²) in [5.74, 6) is 10.4.